The van der Waals surface area contributed by atoms with E-state index in [0.717, 1.165) is 24.1 Å². The maximum Gasteiger partial charge on any atom is 0.323 e. The maximum absolute atomic E-state index is 12.4. The van der Waals surface area contributed by atoms with Crippen LogP contribution < -0.4 is 20.3 Å². The van der Waals surface area contributed by atoms with Crippen molar-refractivity contribution in [1.29, 1.82) is 0 Å². The maximum atomic E-state index is 12.4. The molecule has 5 rings (SSSR count). The molecule has 2 N–H and O–H groups in total. The number of rotatable bonds is 6. The van der Waals surface area contributed by atoms with Crippen LogP contribution in [0.2, 0.25) is 0 Å². The number of hydrogen-bond acceptors (Lipinski definition) is 9. The second kappa shape index (κ2) is 11.3. The zero-order chi connectivity index (χ0) is 24.7. The minimum atomic E-state index is -0.338. The van der Waals surface area contributed by atoms with Gasteiger partial charge in [0.1, 0.15) is 6.10 Å². The molecule has 2 amide bonds. The quantitative estimate of drug-likeness (QED) is 0.535. The molecule has 0 atom stereocenters. The number of pyridine rings is 1. The third-order valence-corrected chi connectivity index (χ3v) is 5.89. The third-order valence-electron chi connectivity index (χ3n) is 5.89. The number of hydrogen-bond donors (Lipinski definition) is 2. The van der Waals surface area contributed by atoms with Gasteiger partial charge >= 0.3 is 12.0 Å². The molecule has 36 heavy (non-hydrogen) atoms. The molecule has 0 spiro atoms. The summed E-state index contributed by atoms with van der Waals surface area (Å²) >= 11 is 0. The predicted octanol–water partition coefficient (Wildman–Crippen LogP) is 3.28. The van der Waals surface area contributed by atoms with Crippen LogP contribution in [0.3, 0.4) is 0 Å². The van der Waals surface area contributed by atoms with Crippen molar-refractivity contribution in [2.75, 3.05) is 55.1 Å². The first kappa shape index (κ1) is 23.9. The van der Waals surface area contributed by atoms with E-state index < -0.39 is 0 Å². The lowest BCUT2D eigenvalue weighted by molar-refractivity contribution is 0.0217. The number of aromatic nitrogens is 4. The van der Waals surface area contributed by atoms with Crippen molar-refractivity contribution in [3.05, 3.63) is 48.3 Å². The summed E-state index contributed by atoms with van der Waals surface area (Å²) in [6, 6.07) is 10.9. The van der Waals surface area contributed by atoms with Gasteiger partial charge in [-0.3, -0.25) is 4.98 Å². The van der Waals surface area contributed by atoms with Gasteiger partial charge in [0.2, 0.25) is 5.95 Å². The van der Waals surface area contributed by atoms with Crippen LogP contribution in [0.1, 0.15) is 18.5 Å². The highest BCUT2D eigenvalue weighted by Crippen LogP contribution is 2.24. The van der Waals surface area contributed by atoms with Crippen molar-refractivity contribution in [2.24, 2.45) is 0 Å². The van der Waals surface area contributed by atoms with E-state index in [1.807, 2.05) is 31.2 Å². The summed E-state index contributed by atoms with van der Waals surface area (Å²) in [6.07, 6.45) is 3.27. The molecule has 2 aliphatic heterocycles. The minimum absolute atomic E-state index is 0.0146. The number of carbonyl (C=O) groups is 1. The Kier molecular flexibility index (Phi) is 7.48. The fourth-order valence-electron chi connectivity index (χ4n) is 3.99. The van der Waals surface area contributed by atoms with Crippen LogP contribution in [0.5, 0.6) is 6.01 Å². The topological polar surface area (TPSA) is 124 Å². The molecule has 2 aliphatic rings. The van der Waals surface area contributed by atoms with E-state index in [9.17, 15) is 4.79 Å². The monoisotopic (exact) mass is 491 g/mol. The van der Waals surface area contributed by atoms with Crippen molar-refractivity contribution in [3.8, 4) is 17.4 Å². The number of anilines is 3. The molecule has 188 valence electrons. The molecule has 0 bridgehead atoms. The van der Waals surface area contributed by atoms with E-state index in [-0.39, 0.29) is 12.1 Å². The van der Waals surface area contributed by atoms with Crippen LogP contribution in [0.15, 0.2) is 42.6 Å². The van der Waals surface area contributed by atoms with Crippen LogP contribution in [-0.4, -0.2) is 71.6 Å². The highest BCUT2D eigenvalue weighted by Gasteiger charge is 2.21. The molecular weight excluding hydrogens is 462 g/mol. The SMILES string of the molecule is Cc1cc(NC(=O)Nc2ccc(-c3nc(OC4CCOCC4)nc(N4CCOCC4)n3)cc2)ccn1. The summed E-state index contributed by atoms with van der Waals surface area (Å²) in [4.78, 5) is 32.5. The fraction of sp³-hybridized carbons (Fsp3) is 0.400. The van der Waals surface area contributed by atoms with Crippen molar-refractivity contribution < 1.29 is 19.0 Å². The van der Waals surface area contributed by atoms with Crippen LogP contribution in [-0.2, 0) is 9.47 Å². The van der Waals surface area contributed by atoms with Gasteiger partial charge in [-0.15, -0.1) is 0 Å². The molecule has 3 aromatic rings. The van der Waals surface area contributed by atoms with Gasteiger partial charge in [-0.25, -0.2) is 4.79 Å². The number of urea groups is 1. The smallest absolute Gasteiger partial charge is 0.323 e. The predicted molar refractivity (Wildman–Crippen MR) is 134 cm³/mol. The summed E-state index contributed by atoms with van der Waals surface area (Å²) in [5, 5.41) is 5.64. The fourth-order valence-corrected chi connectivity index (χ4v) is 3.99. The molecule has 11 nitrogen and oxygen atoms in total. The van der Waals surface area contributed by atoms with Crippen molar-refractivity contribution in [2.45, 2.75) is 25.9 Å². The molecule has 0 aliphatic carbocycles. The lowest BCUT2D eigenvalue weighted by Gasteiger charge is -2.27. The minimum Gasteiger partial charge on any atom is -0.460 e. The van der Waals surface area contributed by atoms with E-state index in [4.69, 9.17) is 19.2 Å². The Hall–Kier alpha value is -3.83. The first-order chi connectivity index (χ1) is 17.6. The molecule has 2 saturated heterocycles. The summed E-state index contributed by atoms with van der Waals surface area (Å²) in [7, 11) is 0. The zero-order valence-corrected chi connectivity index (χ0v) is 20.1. The van der Waals surface area contributed by atoms with Gasteiger partial charge in [-0.1, -0.05) is 0 Å². The Balaban J connectivity index is 1.32. The highest BCUT2D eigenvalue weighted by molar-refractivity contribution is 5.99. The van der Waals surface area contributed by atoms with E-state index >= 15 is 0 Å². The number of morpholine rings is 1. The average molecular weight is 492 g/mol. The van der Waals surface area contributed by atoms with E-state index in [1.165, 1.54) is 0 Å². The second-order valence-electron chi connectivity index (χ2n) is 8.61. The molecule has 2 fully saturated rings. The molecule has 2 aromatic heterocycles. The summed E-state index contributed by atoms with van der Waals surface area (Å²) in [6.45, 7) is 5.86. The number of nitrogens with zero attached hydrogens (tertiary/aromatic N) is 5. The van der Waals surface area contributed by atoms with E-state index in [0.29, 0.717) is 68.7 Å². The molecule has 0 unspecified atom stereocenters. The number of carbonyl (C=O) groups excluding carboxylic acids is 1. The summed E-state index contributed by atoms with van der Waals surface area (Å²) in [5.41, 5.74) is 2.93. The third kappa shape index (κ3) is 6.23. The number of nitrogens with one attached hydrogen (secondary N) is 2. The van der Waals surface area contributed by atoms with Crippen LogP contribution in [0, 0.1) is 6.92 Å². The molecule has 0 saturated carbocycles. The van der Waals surface area contributed by atoms with Crippen molar-refractivity contribution in [3.63, 3.8) is 0 Å². The lowest BCUT2D eigenvalue weighted by Crippen LogP contribution is -2.37. The van der Waals surface area contributed by atoms with Crippen molar-refractivity contribution in [1.82, 2.24) is 19.9 Å². The number of benzene rings is 1. The summed E-state index contributed by atoms with van der Waals surface area (Å²) < 4.78 is 17.0. The first-order valence-corrected chi connectivity index (χ1v) is 12.1. The van der Waals surface area contributed by atoms with Gasteiger partial charge in [0.25, 0.3) is 0 Å². The Bertz CT molecular complexity index is 1180. The molecule has 0 radical (unpaired) electrons. The van der Waals surface area contributed by atoms with Crippen LogP contribution >= 0.6 is 0 Å². The molecule has 1 aromatic carbocycles. The van der Waals surface area contributed by atoms with E-state index in [2.05, 4.69) is 30.5 Å². The van der Waals surface area contributed by atoms with Gasteiger partial charge in [-0.05, 0) is 43.3 Å². The van der Waals surface area contributed by atoms with Gasteiger partial charge in [0, 0.05) is 54.8 Å². The first-order valence-electron chi connectivity index (χ1n) is 12.1. The van der Waals surface area contributed by atoms with Crippen molar-refractivity contribution >= 4 is 23.4 Å². The number of amides is 2. The normalized spacial score (nSPS) is 16.4. The van der Waals surface area contributed by atoms with Gasteiger partial charge in [0.15, 0.2) is 5.82 Å². The Morgan fingerprint density at radius 1 is 0.944 bits per heavy atom. The average Bonchev–Trinajstić information content (AvgIpc) is 2.90. The standard InChI is InChI=1S/C25H29N7O4/c1-17-16-20(6-9-26-17)28-24(33)27-19-4-2-18(3-5-19)22-29-23(32-10-14-35-15-11-32)31-25(30-22)36-21-7-12-34-13-8-21/h2-6,9,16,21H,7-8,10-15H2,1H3,(H2,26,27,28,33). The van der Waals surface area contributed by atoms with E-state index in [1.54, 1.807) is 18.3 Å². The molecule has 11 heteroatoms. The second-order valence-corrected chi connectivity index (χ2v) is 8.61. The highest BCUT2D eigenvalue weighted by atomic mass is 16.5. The largest absolute Gasteiger partial charge is 0.460 e. The lowest BCUT2D eigenvalue weighted by atomic mass is 10.2. The zero-order valence-electron chi connectivity index (χ0n) is 20.1. The van der Waals surface area contributed by atoms with Crippen LogP contribution in [0.4, 0.5) is 22.1 Å². The van der Waals surface area contributed by atoms with Crippen LogP contribution in [0.25, 0.3) is 11.4 Å². The molecular formula is C25H29N7O4. The Morgan fingerprint density at radius 2 is 1.67 bits per heavy atom. The Labute approximate surface area is 209 Å². The van der Waals surface area contributed by atoms with Gasteiger partial charge < -0.3 is 29.7 Å². The molecule has 4 heterocycles. The number of aryl methyl sites for hydroxylation is 1. The Morgan fingerprint density at radius 3 is 2.42 bits per heavy atom. The number of ether oxygens (including phenoxy) is 3. The summed E-state index contributed by atoms with van der Waals surface area (Å²) in [5.74, 6) is 1.08. The van der Waals surface area contributed by atoms with Gasteiger partial charge in [0.05, 0.1) is 26.4 Å². The van der Waals surface area contributed by atoms with Gasteiger partial charge in [-0.2, -0.15) is 15.0 Å².